The van der Waals surface area contributed by atoms with Crippen LogP contribution in [-0.4, -0.2) is 13.7 Å². The maximum Gasteiger partial charge on any atom is 0.122 e. The van der Waals surface area contributed by atoms with Crippen LogP contribution in [0.2, 0.25) is 0 Å². The van der Waals surface area contributed by atoms with Crippen molar-refractivity contribution in [2.45, 2.75) is 26.2 Å². The molecular weight excluding hydrogens is 174 g/mol. The normalized spacial score (nSPS) is 12.6. The topological polar surface area (TPSA) is 35.2 Å². The number of nitrogens with two attached hydrogens (primary N) is 1. The second kappa shape index (κ2) is 5.01. The van der Waals surface area contributed by atoms with Gasteiger partial charge < -0.3 is 10.5 Å². The molecule has 0 amide bonds. The molecule has 2 heteroatoms. The first-order valence-corrected chi connectivity index (χ1v) is 5.03. The van der Waals surface area contributed by atoms with Gasteiger partial charge in [-0.15, -0.1) is 0 Å². The Morgan fingerprint density at radius 1 is 1.43 bits per heavy atom. The summed E-state index contributed by atoms with van der Waals surface area (Å²) in [5.41, 5.74) is 8.09. The molecule has 1 rings (SSSR count). The molecule has 0 aliphatic carbocycles. The molecule has 0 saturated heterocycles. The molecule has 0 aliphatic heterocycles. The highest BCUT2D eigenvalue weighted by Gasteiger charge is 2.10. The molecule has 0 radical (unpaired) electrons. The van der Waals surface area contributed by atoms with E-state index in [4.69, 9.17) is 10.5 Å². The highest BCUT2D eigenvalue weighted by Crippen LogP contribution is 2.29. The molecule has 0 bridgehead atoms. The molecule has 0 saturated carbocycles. The van der Waals surface area contributed by atoms with Crippen molar-refractivity contribution in [3.05, 3.63) is 29.3 Å². The second-order valence-corrected chi connectivity index (χ2v) is 3.72. The van der Waals surface area contributed by atoms with E-state index in [2.05, 4.69) is 26.0 Å². The lowest BCUT2D eigenvalue weighted by molar-refractivity contribution is 0.405. The Balaban J connectivity index is 2.97. The van der Waals surface area contributed by atoms with Crippen molar-refractivity contribution in [2.24, 2.45) is 5.73 Å². The Morgan fingerprint density at radius 2 is 2.14 bits per heavy atom. The van der Waals surface area contributed by atoms with Crippen LogP contribution in [0.1, 0.15) is 30.4 Å². The van der Waals surface area contributed by atoms with E-state index in [1.807, 2.05) is 6.07 Å². The van der Waals surface area contributed by atoms with Gasteiger partial charge in [0, 0.05) is 0 Å². The average molecular weight is 193 g/mol. The molecule has 0 aromatic heterocycles. The molecule has 2 nitrogen and oxygen atoms in total. The van der Waals surface area contributed by atoms with E-state index in [0.29, 0.717) is 5.92 Å². The van der Waals surface area contributed by atoms with Gasteiger partial charge in [-0.25, -0.2) is 0 Å². The standard InChI is InChI=1S/C12H19NO/c1-9-4-5-12(14-3)11(8-9)10(2)6-7-13/h4-5,8,10H,6-7,13H2,1-3H3. The lowest BCUT2D eigenvalue weighted by atomic mass is 9.95. The zero-order valence-corrected chi connectivity index (χ0v) is 9.21. The largest absolute Gasteiger partial charge is 0.496 e. The van der Waals surface area contributed by atoms with Crippen LogP contribution in [0.4, 0.5) is 0 Å². The number of benzene rings is 1. The van der Waals surface area contributed by atoms with E-state index >= 15 is 0 Å². The van der Waals surface area contributed by atoms with Crippen LogP contribution in [0.3, 0.4) is 0 Å². The first-order chi connectivity index (χ1) is 6.69. The summed E-state index contributed by atoms with van der Waals surface area (Å²) in [6.45, 7) is 5.00. The highest BCUT2D eigenvalue weighted by atomic mass is 16.5. The van der Waals surface area contributed by atoms with Gasteiger partial charge in [-0.3, -0.25) is 0 Å². The van der Waals surface area contributed by atoms with Gasteiger partial charge in [-0.2, -0.15) is 0 Å². The van der Waals surface area contributed by atoms with Crippen LogP contribution < -0.4 is 10.5 Å². The fraction of sp³-hybridized carbons (Fsp3) is 0.500. The summed E-state index contributed by atoms with van der Waals surface area (Å²) >= 11 is 0. The molecule has 78 valence electrons. The summed E-state index contributed by atoms with van der Waals surface area (Å²) in [6, 6.07) is 6.27. The van der Waals surface area contributed by atoms with Gasteiger partial charge in [-0.05, 0) is 37.4 Å². The fourth-order valence-corrected chi connectivity index (χ4v) is 1.64. The monoisotopic (exact) mass is 193 g/mol. The minimum absolute atomic E-state index is 0.467. The van der Waals surface area contributed by atoms with Crippen molar-refractivity contribution >= 4 is 0 Å². The third-order valence-electron chi connectivity index (χ3n) is 2.52. The van der Waals surface area contributed by atoms with Crippen LogP contribution in [-0.2, 0) is 0 Å². The maximum atomic E-state index is 5.56. The quantitative estimate of drug-likeness (QED) is 0.797. The number of rotatable bonds is 4. The van der Waals surface area contributed by atoms with Crippen LogP contribution in [0.15, 0.2) is 18.2 Å². The number of methoxy groups -OCH3 is 1. The van der Waals surface area contributed by atoms with E-state index in [1.54, 1.807) is 7.11 Å². The SMILES string of the molecule is COc1ccc(C)cc1C(C)CCN. The van der Waals surface area contributed by atoms with E-state index < -0.39 is 0 Å². The predicted molar refractivity (Wildman–Crippen MR) is 59.8 cm³/mol. The van der Waals surface area contributed by atoms with E-state index in [0.717, 1.165) is 18.7 Å². The Labute approximate surface area is 86.1 Å². The van der Waals surface area contributed by atoms with Crippen molar-refractivity contribution in [3.63, 3.8) is 0 Å². The van der Waals surface area contributed by atoms with Gasteiger partial charge in [0.25, 0.3) is 0 Å². The minimum atomic E-state index is 0.467. The first kappa shape index (κ1) is 11.1. The summed E-state index contributed by atoms with van der Waals surface area (Å²) in [4.78, 5) is 0. The molecule has 1 aromatic carbocycles. The summed E-state index contributed by atoms with van der Waals surface area (Å²) < 4.78 is 5.33. The van der Waals surface area contributed by atoms with E-state index in [1.165, 1.54) is 11.1 Å². The Hall–Kier alpha value is -1.02. The lowest BCUT2D eigenvalue weighted by Crippen LogP contribution is -2.06. The third-order valence-corrected chi connectivity index (χ3v) is 2.52. The highest BCUT2D eigenvalue weighted by molar-refractivity contribution is 5.39. The summed E-state index contributed by atoms with van der Waals surface area (Å²) in [7, 11) is 1.71. The van der Waals surface area contributed by atoms with Crippen LogP contribution >= 0.6 is 0 Å². The van der Waals surface area contributed by atoms with Gasteiger partial charge in [0.05, 0.1) is 7.11 Å². The molecule has 1 unspecified atom stereocenters. The van der Waals surface area contributed by atoms with Crippen molar-refractivity contribution < 1.29 is 4.74 Å². The van der Waals surface area contributed by atoms with Gasteiger partial charge in [0.1, 0.15) is 5.75 Å². The predicted octanol–water partition coefficient (Wildman–Crippen LogP) is 2.46. The molecule has 1 aromatic rings. The third kappa shape index (κ3) is 2.48. The van der Waals surface area contributed by atoms with Gasteiger partial charge in [-0.1, -0.05) is 24.6 Å². The van der Waals surface area contributed by atoms with Crippen molar-refractivity contribution in [1.82, 2.24) is 0 Å². The Bertz CT molecular complexity index is 296. The maximum absolute atomic E-state index is 5.56. The van der Waals surface area contributed by atoms with Gasteiger partial charge >= 0.3 is 0 Å². The van der Waals surface area contributed by atoms with Gasteiger partial charge in [0.2, 0.25) is 0 Å². The zero-order chi connectivity index (χ0) is 10.6. The molecule has 2 N–H and O–H groups in total. The van der Waals surface area contributed by atoms with Crippen LogP contribution in [0, 0.1) is 6.92 Å². The van der Waals surface area contributed by atoms with Crippen molar-refractivity contribution in [3.8, 4) is 5.75 Å². The number of hydrogen-bond acceptors (Lipinski definition) is 2. The second-order valence-electron chi connectivity index (χ2n) is 3.72. The minimum Gasteiger partial charge on any atom is -0.496 e. The van der Waals surface area contributed by atoms with E-state index in [-0.39, 0.29) is 0 Å². The molecule has 0 aliphatic rings. The number of ether oxygens (including phenoxy) is 1. The molecule has 14 heavy (non-hydrogen) atoms. The Morgan fingerprint density at radius 3 is 2.71 bits per heavy atom. The Kier molecular flexibility index (Phi) is 3.96. The van der Waals surface area contributed by atoms with E-state index in [9.17, 15) is 0 Å². The molecule has 0 spiro atoms. The fourth-order valence-electron chi connectivity index (χ4n) is 1.64. The zero-order valence-electron chi connectivity index (χ0n) is 9.21. The summed E-state index contributed by atoms with van der Waals surface area (Å²) in [6.07, 6.45) is 1.000. The first-order valence-electron chi connectivity index (χ1n) is 5.03. The molecule has 1 atom stereocenters. The molecular formula is C12H19NO. The van der Waals surface area contributed by atoms with Crippen LogP contribution in [0.25, 0.3) is 0 Å². The lowest BCUT2D eigenvalue weighted by Gasteiger charge is -2.15. The summed E-state index contributed by atoms with van der Waals surface area (Å²) in [5.74, 6) is 1.44. The average Bonchev–Trinajstić information content (AvgIpc) is 2.18. The summed E-state index contributed by atoms with van der Waals surface area (Å²) in [5, 5.41) is 0. The molecule has 0 heterocycles. The van der Waals surface area contributed by atoms with Crippen molar-refractivity contribution in [1.29, 1.82) is 0 Å². The molecule has 0 fully saturated rings. The number of hydrogen-bond donors (Lipinski definition) is 1. The van der Waals surface area contributed by atoms with Gasteiger partial charge in [0.15, 0.2) is 0 Å². The smallest absolute Gasteiger partial charge is 0.122 e. The van der Waals surface area contributed by atoms with Crippen molar-refractivity contribution in [2.75, 3.05) is 13.7 Å². The van der Waals surface area contributed by atoms with Crippen LogP contribution in [0.5, 0.6) is 5.75 Å². The number of aryl methyl sites for hydroxylation is 1.